The zero-order chi connectivity index (χ0) is 47.4. The highest BCUT2D eigenvalue weighted by Gasteiger charge is 2.49. The monoisotopic (exact) mass is 947 g/mol. The van der Waals surface area contributed by atoms with Gasteiger partial charge in [-0.15, -0.1) is 0 Å². The zero-order valence-electron chi connectivity index (χ0n) is 38.8. The first-order valence-corrected chi connectivity index (χ1v) is 24.3. The van der Waals surface area contributed by atoms with Gasteiger partial charge in [-0.2, -0.15) is 4.98 Å². The normalized spacial score (nSPS) is 21.5. The largest absolute Gasteiger partial charge is 0.478 e. The van der Waals surface area contributed by atoms with Gasteiger partial charge in [0.25, 0.3) is 23.3 Å². The molecule has 18 nitrogen and oxygen atoms in total. The summed E-state index contributed by atoms with van der Waals surface area (Å²) in [5.41, 5.74) is 3.08. The number of anilines is 4. The van der Waals surface area contributed by atoms with Crippen LogP contribution < -0.4 is 36.0 Å². The van der Waals surface area contributed by atoms with E-state index in [-0.39, 0.29) is 48.6 Å². The topological polar surface area (TPSA) is 195 Å². The van der Waals surface area contributed by atoms with Crippen molar-refractivity contribution in [2.45, 2.75) is 76.9 Å². The number of piperidine rings is 3. The molecule has 10 rings (SSSR count). The van der Waals surface area contributed by atoms with E-state index in [1.807, 2.05) is 38.1 Å². The van der Waals surface area contributed by atoms with E-state index < -0.39 is 23.8 Å². The van der Waals surface area contributed by atoms with Crippen molar-refractivity contribution in [3.8, 4) is 5.75 Å². The maximum Gasteiger partial charge on any atom is 0.293 e. The number of likely N-dealkylation sites (N-methyl/N-ethyl adjacent to an activating group) is 1. The van der Waals surface area contributed by atoms with Crippen molar-refractivity contribution in [1.82, 2.24) is 39.9 Å². The van der Waals surface area contributed by atoms with Crippen molar-refractivity contribution in [2.24, 2.45) is 11.3 Å². The molecule has 68 heavy (non-hydrogen) atoms. The average molecular weight is 949 g/mol. The molecule has 0 radical (unpaired) electrons. The van der Waals surface area contributed by atoms with E-state index in [4.69, 9.17) is 21.3 Å². The lowest BCUT2D eigenvalue weighted by Gasteiger charge is -2.50. The summed E-state index contributed by atoms with van der Waals surface area (Å²) < 4.78 is 7.30. The van der Waals surface area contributed by atoms with Crippen LogP contribution >= 0.6 is 11.6 Å². The summed E-state index contributed by atoms with van der Waals surface area (Å²) in [6.45, 7) is 12.7. The maximum absolute atomic E-state index is 13.4. The number of carbonyl (C=O) groups excluding carboxylic acids is 5. The number of amides is 5. The van der Waals surface area contributed by atoms with Gasteiger partial charge in [-0.1, -0.05) is 11.6 Å². The van der Waals surface area contributed by atoms with E-state index in [1.165, 1.54) is 13.5 Å². The number of benzene rings is 2. The Hall–Kier alpha value is -6.11. The van der Waals surface area contributed by atoms with Crippen LogP contribution in [0.25, 0.3) is 10.9 Å². The summed E-state index contributed by atoms with van der Waals surface area (Å²) in [5.74, 6) is -0.444. The van der Waals surface area contributed by atoms with Crippen molar-refractivity contribution in [2.75, 3.05) is 87.7 Å². The summed E-state index contributed by atoms with van der Waals surface area (Å²) in [6, 6.07) is 12.2. The molecular formula is C49H58ClN11O7. The molecule has 1 spiro atoms. The molecule has 5 saturated heterocycles. The van der Waals surface area contributed by atoms with Gasteiger partial charge in [0, 0.05) is 100 Å². The van der Waals surface area contributed by atoms with Crippen LogP contribution in [0.4, 0.5) is 23.1 Å². The number of pyridine rings is 1. The highest BCUT2D eigenvalue weighted by atomic mass is 35.5. The Morgan fingerprint density at radius 3 is 2.38 bits per heavy atom. The Bertz CT molecular complexity index is 2740. The first kappa shape index (κ1) is 45.7. The molecule has 19 heteroatoms. The summed E-state index contributed by atoms with van der Waals surface area (Å²) in [5, 5.41) is 9.29. The van der Waals surface area contributed by atoms with Crippen LogP contribution in [0.15, 0.2) is 53.5 Å². The van der Waals surface area contributed by atoms with E-state index >= 15 is 0 Å². The summed E-state index contributed by atoms with van der Waals surface area (Å²) in [6.07, 6.45) is 7.28. The first-order chi connectivity index (χ1) is 32.8. The second-order valence-corrected chi connectivity index (χ2v) is 20.1. The van der Waals surface area contributed by atoms with Crippen molar-refractivity contribution in [3.05, 3.63) is 75.2 Å². The Kier molecular flexibility index (Phi) is 12.4. The Labute approximate surface area is 399 Å². The van der Waals surface area contributed by atoms with E-state index in [2.05, 4.69) is 40.5 Å². The number of rotatable bonds is 12. The SMILES string of the molecule is CNC(=O)COc1cc2cc(Nc3nc(N4CCC(N5CCC6(CN(CC7CCN(c8ccc9c(c8)C(=O)N(C8CCC(=O)NC8=O)C9=O)CC7)C6)C5)CC4)ncc3Cl)ccc2n(C(C)C)c1=O. The highest BCUT2D eigenvalue weighted by molar-refractivity contribution is 6.33. The fourth-order valence-electron chi connectivity index (χ4n) is 11.4. The fraction of sp³-hybridized carbons (Fsp3) is 0.510. The fourth-order valence-corrected chi connectivity index (χ4v) is 11.5. The van der Waals surface area contributed by atoms with Crippen molar-refractivity contribution in [3.63, 3.8) is 0 Å². The molecule has 8 heterocycles. The number of carbonyl (C=O) groups is 5. The van der Waals surface area contributed by atoms with Crippen LogP contribution in [-0.2, 0) is 14.4 Å². The predicted octanol–water partition coefficient (Wildman–Crippen LogP) is 4.19. The Morgan fingerprint density at radius 1 is 0.897 bits per heavy atom. The third-order valence-corrected chi connectivity index (χ3v) is 15.2. The third kappa shape index (κ3) is 8.77. The second kappa shape index (κ2) is 18.4. The van der Waals surface area contributed by atoms with Gasteiger partial charge in [-0.05, 0) is 107 Å². The molecule has 0 bridgehead atoms. The minimum atomic E-state index is -0.968. The molecule has 3 N–H and O–H groups in total. The molecule has 6 aliphatic rings. The minimum absolute atomic E-state index is 0.0959. The lowest BCUT2D eigenvalue weighted by Crippen LogP contribution is -2.59. The molecule has 2 aromatic carbocycles. The van der Waals surface area contributed by atoms with Gasteiger partial charge in [0.15, 0.2) is 18.2 Å². The zero-order valence-corrected chi connectivity index (χ0v) is 39.5. The van der Waals surface area contributed by atoms with Gasteiger partial charge in [0.1, 0.15) is 11.1 Å². The number of hydrogen-bond donors (Lipinski definition) is 3. The molecule has 0 saturated carbocycles. The van der Waals surface area contributed by atoms with E-state index in [0.717, 1.165) is 112 Å². The Balaban J connectivity index is 0.688. The average Bonchev–Trinajstić information content (AvgIpc) is 3.87. The highest BCUT2D eigenvalue weighted by Crippen LogP contribution is 2.42. The van der Waals surface area contributed by atoms with E-state index in [0.29, 0.717) is 45.3 Å². The lowest BCUT2D eigenvalue weighted by molar-refractivity contribution is -0.136. The van der Waals surface area contributed by atoms with Gasteiger partial charge in [0.05, 0.1) is 22.8 Å². The van der Waals surface area contributed by atoms with Gasteiger partial charge >= 0.3 is 0 Å². The van der Waals surface area contributed by atoms with Gasteiger partial charge < -0.3 is 34.6 Å². The molecule has 1 unspecified atom stereocenters. The van der Waals surface area contributed by atoms with Crippen LogP contribution in [0.3, 0.4) is 0 Å². The molecule has 1 atom stereocenters. The lowest BCUT2D eigenvalue weighted by atomic mass is 9.78. The molecule has 6 aliphatic heterocycles. The van der Waals surface area contributed by atoms with Crippen LogP contribution in [0, 0.1) is 11.3 Å². The molecular weight excluding hydrogens is 890 g/mol. The second-order valence-electron chi connectivity index (χ2n) is 19.7. The molecule has 0 aliphatic carbocycles. The Morgan fingerprint density at radius 2 is 1.65 bits per heavy atom. The number of hydrogen-bond acceptors (Lipinski definition) is 14. The molecule has 4 aromatic rings. The quantitative estimate of drug-likeness (QED) is 0.171. The van der Waals surface area contributed by atoms with E-state index in [9.17, 15) is 28.8 Å². The number of fused-ring (bicyclic) bond motifs is 2. The van der Waals surface area contributed by atoms with Crippen molar-refractivity contribution >= 4 is 75.2 Å². The van der Waals surface area contributed by atoms with E-state index in [1.54, 1.807) is 29.0 Å². The number of nitrogens with one attached hydrogen (secondary N) is 3. The number of likely N-dealkylation sites (tertiary alicyclic amines) is 2. The number of aromatic nitrogens is 3. The summed E-state index contributed by atoms with van der Waals surface area (Å²) in [4.78, 5) is 96.3. The summed E-state index contributed by atoms with van der Waals surface area (Å²) in [7, 11) is 1.52. The smallest absolute Gasteiger partial charge is 0.293 e. The minimum Gasteiger partial charge on any atom is -0.478 e. The van der Waals surface area contributed by atoms with Crippen LogP contribution in [0.5, 0.6) is 5.75 Å². The van der Waals surface area contributed by atoms with Gasteiger partial charge in [0.2, 0.25) is 17.8 Å². The van der Waals surface area contributed by atoms with Crippen molar-refractivity contribution < 1.29 is 28.7 Å². The number of nitrogens with zero attached hydrogens (tertiary/aromatic N) is 8. The molecule has 5 amide bonds. The van der Waals surface area contributed by atoms with Crippen LogP contribution in [-0.4, -0.2) is 143 Å². The summed E-state index contributed by atoms with van der Waals surface area (Å²) >= 11 is 6.65. The van der Waals surface area contributed by atoms with Gasteiger partial charge in [-0.3, -0.25) is 43.9 Å². The predicted molar refractivity (Wildman–Crippen MR) is 257 cm³/mol. The number of imide groups is 2. The third-order valence-electron chi connectivity index (χ3n) is 14.9. The number of halogens is 1. The van der Waals surface area contributed by atoms with Crippen molar-refractivity contribution in [1.29, 1.82) is 0 Å². The molecule has 5 fully saturated rings. The molecule has 2 aromatic heterocycles. The first-order valence-electron chi connectivity index (χ1n) is 23.9. The van der Waals surface area contributed by atoms with Gasteiger partial charge in [-0.25, -0.2) is 4.98 Å². The molecule has 358 valence electrons. The number of ether oxygens (including phenoxy) is 1. The standard InChI is InChI=1S/C49H58ClN11O7/c1-29(2)60-38-7-4-32(20-31(38)21-40(47(60)67)68-25-42(63)51-3)53-43-37(50)23-52-48(55-43)58-17-12-33(13-18-58)59-19-14-49(28-59)26-56(27-49)24-30-10-15-57(16-11-30)34-5-6-35-36(22-34)46(66)61(45(35)65)39-8-9-41(62)54-44(39)64/h4-7,20-23,29-30,33,39H,8-19,24-28H2,1-3H3,(H,51,63)(H,52,53,55)(H,54,62,64). The maximum atomic E-state index is 13.4. The van der Waals surface area contributed by atoms with Crippen LogP contribution in [0.1, 0.15) is 85.6 Å². The van der Waals surface area contributed by atoms with Crippen LogP contribution in [0.2, 0.25) is 5.02 Å².